The fourth-order valence-corrected chi connectivity index (χ4v) is 2.26. The van der Waals surface area contributed by atoms with Crippen LogP contribution in [0.5, 0.6) is 0 Å². The molecule has 0 aliphatic heterocycles. The molecule has 0 unspecified atom stereocenters. The van der Waals surface area contributed by atoms with Crippen molar-refractivity contribution in [2.24, 2.45) is 0 Å². The minimum absolute atomic E-state index is 0.289. The molecule has 0 saturated carbocycles. The summed E-state index contributed by atoms with van der Waals surface area (Å²) in [6.45, 7) is 3.84. The third-order valence-electron chi connectivity index (χ3n) is 2.61. The van der Waals surface area contributed by atoms with Gasteiger partial charge >= 0.3 is 6.03 Å². The number of hydrogen-bond donors (Lipinski definition) is 2. The molecule has 1 heterocycles. The Balaban J connectivity index is 1.87. The number of anilines is 1. The zero-order chi connectivity index (χ0) is 14.5. The minimum Gasteiger partial charge on any atom is -0.314 e. The number of amides is 2. The van der Waals surface area contributed by atoms with Crippen molar-refractivity contribution in [1.29, 1.82) is 0 Å². The molecule has 0 saturated heterocycles. The zero-order valence-electron chi connectivity index (χ0n) is 11.1. The summed E-state index contributed by atoms with van der Waals surface area (Å²) >= 11 is 1.43. The van der Waals surface area contributed by atoms with Crippen molar-refractivity contribution in [3.63, 3.8) is 0 Å². The second-order valence-corrected chi connectivity index (χ2v) is 5.35. The average molecular weight is 291 g/mol. The normalized spacial score (nSPS) is 10.8. The van der Waals surface area contributed by atoms with E-state index in [0.29, 0.717) is 5.13 Å². The third kappa shape index (κ3) is 3.89. The van der Waals surface area contributed by atoms with Crippen LogP contribution in [0.15, 0.2) is 30.5 Å². The van der Waals surface area contributed by atoms with Gasteiger partial charge in [0.05, 0.1) is 5.69 Å². The Labute approximate surface area is 120 Å². The van der Waals surface area contributed by atoms with E-state index in [9.17, 15) is 9.18 Å². The third-order valence-corrected chi connectivity index (χ3v) is 3.60. The van der Waals surface area contributed by atoms with Gasteiger partial charge in [-0.3, -0.25) is 5.32 Å². The predicted octanol–water partition coefficient (Wildman–Crippen LogP) is 3.69. The van der Waals surface area contributed by atoms with Crippen LogP contribution in [-0.4, -0.2) is 11.0 Å². The molecule has 2 N–H and O–H groups in total. The van der Waals surface area contributed by atoms with Gasteiger partial charge in [-0.15, -0.1) is 11.3 Å². The second kappa shape index (κ2) is 6.29. The molecule has 4 nitrogen and oxygen atoms in total. The summed E-state index contributed by atoms with van der Waals surface area (Å²) in [5.74, 6) is -0.289. The van der Waals surface area contributed by atoms with E-state index in [4.69, 9.17) is 0 Å². The van der Waals surface area contributed by atoms with Crippen LogP contribution in [0.1, 0.15) is 16.1 Å². The zero-order valence-corrected chi connectivity index (χ0v) is 11.9. The number of nitrogens with zero attached hydrogens (tertiary/aromatic N) is 1. The van der Waals surface area contributed by atoms with Gasteiger partial charge in [-0.1, -0.05) is 12.1 Å². The molecule has 6 heteroatoms. The van der Waals surface area contributed by atoms with Gasteiger partial charge in [0.25, 0.3) is 0 Å². The summed E-state index contributed by atoms with van der Waals surface area (Å²) < 4.78 is 12.7. The SMILES string of the molecule is Cc1nc(NC(=O)N/C=C/c2ccc(F)cc2)sc1C. The number of rotatable bonds is 3. The molecule has 2 rings (SSSR count). The topological polar surface area (TPSA) is 54.0 Å². The lowest BCUT2D eigenvalue weighted by atomic mass is 10.2. The number of thiazole rings is 1. The van der Waals surface area contributed by atoms with Crippen LogP contribution in [0.2, 0.25) is 0 Å². The van der Waals surface area contributed by atoms with Crippen LogP contribution in [-0.2, 0) is 0 Å². The Bertz CT molecular complexity index is 615. The summed E-state index contributed by atoms with van der Waals surface area (Å²) in [5.41, 5.74) is 1.71. The first-order valence-electron chi connectivity index (χ1n) is 5.98. The Morgan fingerprint density at radius 1 is 1.30 bits per heavy atom. The van der Waals surface area contributed by atoms with E-state index in [1.54, 1.807) is 18.2 Å². The summed E-state index contributed by atoms with van der Waals surface area (Å²) in [7, 11) is 0. The quantitative estimate of drug-likeness (QED) is 0.906. The van der Waals surface area contributed by atoms with E-state index < -0.39 is 0 Å². The van der Waals surface area contributed by atoms with Crippen LogP contribution < -0.4 is 10.6 Å². The van der Waals surface area contributed by atoms with Crippen molar-refractivity contribution in [2.75, 3.05) is 5.32 Å². The van der Waals surface area contributed by atoms with Crippen molar-refractivity contribution in [2.45, 2.75) is 13.8 Å². The summed E-state index contributed by atoms with van der Waals surface area (Å²) in [6.07, 6.45) is 3.17. The largest absolute Gasteiger partial charge is 0.325 e. The number of nitrogens with one attached hydrogen (secondary N) is 2. The van der Waals surface area contributed by atoms with Gasteiger partial charge in [0.1, 0.15) is 5.82 Å². The van der Waals surface area contributed by atoms with Crippen LogP contribution in [0.3, 0.4) is 0 Å². The molecule has 0 aliphatic carbocycles. The maximum absolute atomic E-state index is 12.7. The highest BCUT2D eigenvalue weighted by Gasteiger charge is 2.05. The van der Waals surface area contributed by atoms with Gasteiger partial charge in [0, 0.05) is 11.1 Å². The number of benzene rings is 1. The van der Waals surface area contributed by atoms with Crippen molar-refractivity contribution in [1.82, 2.24) is 10.3 Å². The fraction of sp³-hybridized carbons (Fsp3) is 0.143. The number of aryl methyl sites for hydroxylation is 2. The van der Waals surface area contributed by atoms with Gasteiger partial charge in [0.15, 0.2) is 5.13 Å². The number of carbonyl (C=O) groups excluding carboxylic acids is 1. The first-order chi connectivity index (χ1) is 9.54. The maximum Gasteiger partial charge on any atom is 0.325 e. The highest BCUT2D eigenvalue weighted by Crippen LogP contribution is 2.20. The summed E-state index contributed by atoms with van der Waals surface area (Å²) in [5, 5.41) is 5.77. The molecule has 1 aromatic carbocycles. The Kier molecular flexibility index (Phi) is 4.47. The maximum atomic E-state index is 12.7. The Morgan fingerprint density at radius 3 is 2.60 bits per heavy atom. The van der Waals surface area contributed by atoms with E-state index in [-0.39, 0.29) is 11.8 Å². The summed E-state index contributed by atoms with van der Waals surface area (Å²) in [4.78, 5) is 16.9. The molecule has 0 radical (unpaired) electrons. The van der Waals surface area contributed by atoms with Crippen molar-refractivity contribution in [3.05, 3.63) is 52.4 Å². The summed E-state index contributed by atoms with van der Waals surface area (Å²) in [6, 6.07) is 5.61. The molecule has 0 atom stereocenters. The highest BCUT2D eigenvalue weighted by atomic mass is 32.1. The first-order valence-corrected chi connectivity index (χ1v) is 6.80. The molecule has 104 valence electrons. The highest BCUT2D eigenvalue weighted by molar-refractivity contribution is 7.15. The first kappa shape index (κ1) is 14.2. The molecular formula is C14H14FN3OS. The average Bonchev–Trinajstić information content (AvgIpc) is 2.70. The van der Waals surface area contributed by atoms with Gasteiger partial charge in [0.2, 0.25) is 0 Å². The van der Waals surface area contributed by atoms with Crippen molar-refractivity contribution < 1.29 is 9.18 Å². The van der Waals surface area contributed by atoms with E-state index in [1.165, 1.54) is 29.7 Å². The van der Waals surface area contributed by atoms with E-state index in [1.807, 2.05) is 13.8 Å². The van der Waals surface area contributed by atoms with Gasteiger partial charge in [-0.25, -0.2) is 14.2 Å². The van der Waals surface area contributed by atoms with Crippen molar-refractivity contribution in [3.8, 4) is 0 Å². The van der Waals surface area contributed by atoms with Gasteiger partial charge < -0.3 is 5.32 Å². The number of carbonyl (C=O) groups is 1. The van der Waals surface area contributed by atoms with E-state index in [0.717, 1.165) is 16.1 Å². The number of hydrogen-bond acceptors (Lipinski definition) is 3. The van der Waals surface area contributed by atoms with Crippen LogP contribution >= 0.6 is 11.3 Å². The van der Waals surface area contributed by atoms with E-state index >= 15 is 0 Å². The van der Waals surface area contributed by atoms with Crippen LogP contribution in [0.25, 0.3) is 6.08 Å². The Hall–Kier alpha value is -2.21. The van der Waals surface area contributed by atoms with Crippen molar-refractivity contribution >= 4 is 28.6 Å². The molecule has 0 spiro atoms. The minimum atomic E-state index is -0.364. The smallest absolute Gasteiger partial charge is 0.314 e. The number of halogens is 1. The molecule has 0 bridgehead atoms. The number of aromatic nitrogens is 1. The lowest BCUT2D eigenvalue weighted by Gasteiger charge is -2.00. The monoisotopic (exact) mass is 291 g/mol. The molecule has 0 aliphatic rings. The molecular weight excluding hydrogens is 277 g/mol. The predicted molar refractivity (Wildman–Crippen MR) is 79.2 cm³/mol. The standard InChI is InChI=1S/C14H14FN3OS/c1-9-10(2)20-14(17-9)18-13(19)16-8-7-11-3-5-12(15)6-4-11/h3-8H,1-2H3,(H2,16,17,18,19)/b8-7+. The molecule has 0 fully saturated rings. The van der Waals surface area contributed by atoms with E-state index in [2.05, 4.69) is 15.6 Å². The fourth-order valence-electron chi connectivity index (χ4n) is 1.45. The molecule has 1 aromatic heterocycles. The molecule has 2 amide bonds. The van der Waals surface area contributed by atoms with Gasteiger partial charge in [-0.05, 0) is 37.6 Å². The molecule has 20 heavy (non-hydrogen) atoms. The lowest BCUT2D eigenvalue weighted by Crippen LogP contribution is -2.23. The number of urea groups is 1. The second-order valence-electron chi connectivity index (χ2n) is 4.14. The lowest BCUT2D eigenvalue weighted by molar-refractivity contribution is 0.255. The van der Waals surface area contributed by atoms with Gasteiger partial charge in [-0.2, -0.15) is 0 Å². The van der Waals surface area contributed by atoms with Crippen LogP contribution in [0, 0.1) is 19.7 Å². The van der Waals surface area contributed by atoms with Crippen LogP contribution in [0.4, 0.5) is 14.3 Å². The Morgan fingerprint density at radius 2 is 2.00 bits per heavy atom. The molecule has 2 aromatic rings.